The van der Waals surface area contributed by atoms with Gasteiger partial charge >= 0.3 is 0 Å². The number of nitrogens with zero attached hydrogens (tertiary/aromatic N) is 2. The normalized spacial score (nSPS) is 13.9. The Bertz CT molecular complexity index is 688. The minimum atomic E-state index is -0.828. The molecule has 2 heterocycles. The summed E-state index contributed by atoms with van der Waals surface area (Å²) in [5, 5.41) is 15.8. The Morgan fingerprint density at radius 1 is 1.27 bits per heavy atom. The van der Waals surface area contributed by atoms with E-state index >= 15 is 0 Å². The molecular formula is C17H19N3OS. The maximum absolute atomic E-state index is 10.5. The number of benzene rings is 1. The van der Waals surface area contributed by atoms with Crippen molar-refractivity contribution in [3.63, 3.8) is 0 Å². The van der Waals surface area contributed by atoms with Crippen molar-refractivity contribution >= 4 is 11.3 Å². The molecule has 1 unspecified atom stereocenters. The summed E-state index contributed by atoms with van der Waals surface area (Å²) in [6.07, 6.45) is 5.47. The molecule has 0 aliphatic heterocycles. The van der Waals surface area contributed by atoms with E-state index < -0.39 is 5.60 Å². The quantitative estimate of drug-likeness (QED) is 0.735. The molecular weight excluding hydrogens is 294 g/mol. The van der Waals surface area contributed by atoms with Gasteiger partial charge in [-0.25, -0.2) is 4.98 Å². The van der Waals surface area contributed by atoms with E-state index in [1.807, 2.05) is 35.2 Å². The Morgan fingerprint density at radius 3 is 2.73 bits per heavy atom. The Morgan fingerprint density at radius 2 is 2.09 bits per heavy atom. The van der Waals surface area contributed by atoms with Crippen LogP contribution in [0.3, 0.4) is 0 Å². The smallest absolute Gasteiger partial charge is 0.108 e. The van der Waals surface area contributed by atoms with Gasteiger partial charge in [-0.15, -0.1) is 11.3 Å². The summed E-state index contributed by atoms with van der Waals surface area (Å²) in [4.78, 5) is 5.03. The van der Waals surface area contributed by atoms with Gasteiger partial charge in [0.1, 0.15) is 5.60 Å². The lowest BCUT2D eigenvalue weighted by molar-refractivity contribution is 0.0604. The number of aromatic nitrogens is 2. The summed E-state index contributed by atoms with van der Waals surface area (Å²) in [6, 6.07) is 12.2. The Labute approximate surface area is 134 Å². The predicted molar refractivity (Wildman–Crippen MR) is 89.2 cm³/mol. The number of imidazole rings is 1. The van der Waals surface area contributed by atoms with Crippen LogP contribution in [0.25, 0.3) is 5.69 Å². The van der Waals surface area contributed by atoms with E-state index in [0.717, 1.165) is 17.1 Å². The second kappa shape index (κ2) is 6.44. The van der Waals surface area contributed by atoms with Crippen molar-refractivity contribution in [2.45, 2.75) is 19.1 Å². The first-order valence-electron chi connectivity index (χ1n) is 7.19. The van der Waals surface area contributed by atoms with Crippen LogP contribution >= 0.6 is 11.3 Å². The lowest BCUT2D eigenvalue weighted by Gasteiger charge is -2.22. The molecule has 0 radical (unpaired) electrons. The molecule has 0 amide bonds. The fourth-order valence-electron chi connectivity index (χ4n) is 2.32. The number of hydrogen-bond donors (Lipinski definition) is 2. The van der Waals surface area contributed by atoms with Crippen molar-refractivity contribution in [1.82, 2.24) is 14.9 Å². The SMILES string of the molecule is CC(O)(CNCc1ccc(-n2ccnc2)cc1)c1cccs1. The molecule has 1 aromatic carbocycles. The monoisotopic (exact) mass is 313 g/mol. The van der Waals surface area contributed by atoms with Gasteiger partial charge in [-0.1, -0.05) is 18.2 Å². The van der Waals surface area contributed by atoms with E-state index in [-0.39, 0.29) is 0 Å². The van der Waals surface area contributed by atoms with Gasteiger partial charge in [-0.05, 0) is 36.1 Å². The molecule has 2 N–H and O–H groups in total. The molecule has 0 saturated carbocycles. The molecule has 0 aliphatic carbocycles. The number of hydrogen-bond acceptors (Lipinski definition) is 4. The van der Waals surface area contributed by atoms with Crippen LogP contribution < -0.4 is 5.32 Å². The first-order chi connectivity index (χ1) is 10.6. The van der Waals surface area contributed by atoms with Gasteiger partial charge in [0.25, 0.3) is 0 Å². The lowest BCUT2D eigenvalue weighted by atomic mass is 10.1. The van der Waals surface area contributed by atoms with Crippen molar-refractivity contribution in [3.05, 3.63) is 70.9 Å². The zero-order valence-electron chi connectivity index (χ0n) is 12.4. The second-order valence-electron chi connectivity index (χ2n) is 5.49. The van der Waals surface area contributed by atoms with Gasteiger partial charge in [0.2, 0.25) is 0 Å². The van der Waals surface area contributed by atoms with E-state index in [9.17, 15) is 5.11 Å². The van der Waals surface area contributed by atoms with Gasteiger partial charge in [0.15, 0.2) is 0 Å². The highest BCUT2D eigenvalue weighted by Crippen LogP contribution is 2.24. The third kappa shape index (κ3) is 3.44. The fourth-order valence-corrected chi connectivity index (χ4v) is 3.11. The minimum absolute atomic E-state index is 0.525. The molecule has 2 aromatic heterocycles. The van der Waals surface area contributed by atoms with Crippen molar-refractivity contribution in [2.24, 2.45) is 0 Å². The first kappa shape index (κ1) is 15.0. The molecule has 0 saturated heterocycles. The van der Waals surface area contributed by atoms with Crippen LogP contribution in [0.1, 0.15) is 17.4 Å². The predicted octanol–water partition coefficient (Wildman–Crippen LogP) is 2.93. The first-order valence-corrected chi connectivity index (χ1v) is 8.07. The summed E-state index contributed by atoms with van der Waals surface area (Å²) in [7, 11) is 0. The molecule has 0 bridgehead atoms. The average molecular weight is 313 g/mol. The molecule has 4 nitrogen and oxygen atoms in total. The third-order valence-electron chi connectivity index (χ3n) is 3.59. The van der Waals surface area contributed by atoms with Crippen molar-refractivity contribution in [2.75, 3.05) is 6.54 Å². The molecule has 22 heavy (non-hydrogen) atoms. The van der Waals surface area contributed by atoms with E-state index in [1.165, 1.54) is 5.56 Å². The Balaban J connectivity index is 1.56. The number of nitrogens with one attached hydrogen (secondary N) is 1. The van der Waals surface area contributed by atoms with Crippen molar-refractivity contribution in [3.8, 4) is 5.69 Å². The average Bonchev–Trinajstić information content (AvgIpc) is 3.22. The zero-order valence-corrected chi connectivity index (χ0v) is 13.3. The Hall–Kier alpha value is -1.95. The van der Waals surface area contributed by atoms with Gasteiger partial charge in [0.05, 0.1) is 6.33 Å². The van der Waals surface area contributed by atoms with Crippen LogP contribution in [0.15, 0.2) is 60.5 Å². The summed E-state index contributed by atoms with van der Waals surface area (Å²) in [5.74, 6) is 0. The molecule has 0 spiro atoms. The topological polar surface area (TPSA) is 50.1 Å². The summed E-state index contributed by atoms with van der Waals surface area (Å²) in [5.41, 5.74) is 1.45. The summed E-state index contributed by atoms with van der Waals surface area (Å²) in [6.45, 7) is 3.09. The maximum Gasteiger partial charge on any atom is 0.108 e. The van der Waals surface area contributed by atoms with Gasteiger partial charge in [-0.3, -0.25) is 0 Å². The third-order valence-corrected chi connectivity index (χ3v) is 4.71. The summed E-state index contributed by atoms with van der Waals surface area (Å²) >= 11 is 1.58. The largest absolute Gasteiger partial charge is 0.383 e. The lowest BCUT2D eigenvalue weighted by Crippen LogP contribution is -2.34. The van der Waals surface area contributed by atoms with Crippen LogP contribution in [0, 0.1) is 0 Å². The fraction of sp³-hybridized carbons (Fsp3) is 0.235. The highest BCUT2D eigenvalue weighted by molar-refractivity contribution is 7.10. The highest BCUT2D eigenvalue weighted by atomic mass is 32.1. The van der Waals surface area contributed by atoms with Crippen LogP contribution in [0.4, 0.5) is 0 Å². The maximum atomic E-state index is 10.5. The van der Waals surface area contributed by atoms with Crippen molar-refractivity contribution in [1.29, 1.82) is 0 Å². The van der Waals surface area contributed by atoms with Gasteiger partial charge < -0.3 is 15.0 Å². The van der Waals surface area contributed by atoms with E-state index in [2.05, 4.69) is 34.6 Å². The van der Waals surface area contributed by atoms with Gasteiger partial charge in [-0.2, -0.15) is 0 Å². The molecule has 5 heteroatoms. The molecule has 114 valence electrons. The highest BCUT2D eigenvalue weighted by Gasteiger charge is 2.23. The zero-order chi connectivity index (χ0) is 15.4. The molecule has 1 atom stereocenters. The van der Waals surface area contributed by atoms with Crippen LogP contribution in [-0.4, -0.2) is 21.2 Å². The number of rotatable bonds is 6. The number of aliphatic hydroxyl groups is 1. The van der Waals surface area contributed by atoms with Crippen LogP contribution in [0.5, 0.6) is 0 Å². The molecule has 3 rings (SSSR count). The number of thiophene rings is 1. The van der Waals surface area contributed by atoms with E-state index in [0.29, 0.717) is 6.54 Å². The van der Waals surface area contributed by atoms with Crippen LogP contribution in [-0.2, 0) is 12.1 Å². The molecule has 3 aromatic rings. The van der Waals surface area contributed by atoms with E-state index in [4.69, 9.17) is 0 Å². The van der Waals surface area contributed by atoms with E-state index in [1.54, 1.807) is 23.9 Å². The van der Waals surface area contributed by atoms with Crippen molar-refractivity contribution < 1.29 is 5.11 Å². The summed E-state index contributed by atoms with van der Waals surface area (Å²) < 4.78 is 1.97. The standard InChI is InChI=1S/C17H19N3OS/c1-17(21,16-3-2-10-22-16)12-19-11-14-4-6-15(7-5-14)20-9-8-18-13-20/h2-10,13,19,21H,11-12H2,1H3. The molecule has 0 aliphatic rings. The van der Waals surface area contributed by atoms with Crippen LogP contribution in [0.2, 0.25) is 0 Å². The molecule has 0 fully saturated rings. The van der Waals surface area contributed by atoms with Gasteiger partial charge in [0, 0.05) is 36.0 Å². The second-order valence-corrected chi connectivity index (χ2v) is 6.44. The minimum Gasteiger partial charge on any atom is -0.383 e. The Kier molecular flexibility index (Phi) is 4.38.